The molecule has 24 heavy (non-hydrogen) atoms. The fraction of sp³-hybridized carbons (Fsp3) is 0.111. The van der Waals surface area contributed by atoms with E-state index in [1.54, 1.807) is 24.5 Å². The summed E-state index contributed by atoms with van der Waals surface area (Å²) < 4.78 is 0. The number of anilines is 3. The van der Waals surface area contributed by atoms with E-state index < -0.39 is 0 Å². The molecule has 0 bridgehead atoms. The predicted molar refractivity (Wildman–Crippen MR) is 92.8 cm³/mol. The van der Waals surface area contributed by atoms with E-state index in [1.165, 1.54) is 0 Å². The van der Waals surface area contributed by atoms with Gasteiger partial charge >= 0.3 is 0 Å². The summed E-state index contributed by atoms with van der Waals surface area (Å²) in [6.45, 7) is 2.57. The summed E-state index contributed by atoms with van der Waals surface area (Å²) >= 11 is 0. The highest BCUT2D eigenvalue weighted by molar-refractivity contribution is 5.57. The Hall–Kier alpha value is -3.46. The first kappa shape index (κ1) is 15.4. The van der Waals surface area contributed by atoms with Crippen molar-refractivity contribution in [2.75, 3.05) is 10.6 Å². The van der Waals surface area contributed by atoms with Crippen molar-refractivity contribution in [3.8, 4) is 6.07 Å². The zero-order chi connectivity index (χ0) is 16.8. The van der Waals surface area contributed by atoms with Gasteiger partial charge in [-0.25, -0.2) is 4.98 Å². The Bertz CT molecular complexity index is 870. The molecule has 0 spiro atoms. The maximum absolute atomic E-state index is 8.97. The van der Waals surface area contributed by atoms with Crippen LogP contribution in [-0.2, 0) is 6.54 Å². The molecule has 3 rings (SSSR count). The molecule has 6 nitrogen and oxygen atoms in total. The van der Waals surface area contributed by atoms with Crippen molar-refractivity contribution in [2.24, 2.45) is 0 Å². The van der Waals surface area contributed by atoms with Crippen molar-refractivity contribution in [3.63, 3.8) is 0 Å². The van der Waals surface area contributed by atoms with Crippen molar-refractivity contribution >= 4 is 17.5 Å². The van der Waals surface area contributed by atoms with Gasteiger partial charge in [0.2, 0.25) is 5.95 Å². The van der Waals surface area contributed by atoms with E-state index >= 15 is 0 Å². The Labute approximate surface area is 140 Å². The average Bonchev–Trinajstić information content (AvgIpc) is 2.60. The van der Waals surface area contributed by atoms with Crippen LogP contribution in [0.1, 0.15) is 16.8 Å². The Balaban J connectivity index is 1.75. The largest absolute Gasteiger partial charge is 0.366 e. The van der Waals surface area contributed by atoms with Crippen molar-refractivity contribution in [1.29, 1.82) is 5.26 Å². The van der Waals surface area contributed by atoms with Crippen LogP contribution in [0.25, 0.3) is 0 Å². The van der Waals surface area contributed by atoms with Crippen LogP contribution in [0.15, 0.2) is 54.9 Å². The summed E-state index contributed by atoms with van der Waals surface area (Å²) in [5, 5.41) is 15.4. The van der Waals surface area contributed by atoms with Gasteiger partial charge in [0.1, 0.15) is 5.82 Å². The van der Waals surface area contributed by atoms with Gasteiger partial charge in [-0.2, -0.15) is 10.2 Å². The van der Waals surface area contributed by atoms with Crippen molar-refractivity contribution < 1.29 is 0 Å². The predicted octanol–water partition coefficient (Wildman–Crippen LogP) is 3.41. The van der Waals surface area contributed by atoms with Crippen LogP contribution >= 0.6 is 0 Å². The van der Waals surface area contributed by atoms with Gasteiger partial charge in [0.05, 0.1) is 11.6 Å². The SMILES string of the molecule is Cc1cc(NCc2ccncc2)nc(Nc2cccc(C#N)c2)n1. The summed E-state index contributed by atoms with van der Waals surface area (Å²) in [7, 11) is 0. The van der Waals surface area contributed by atoms with Crippen LogP contribution < -0.4 is 10.6 Å². The third kappa shape index (κ3) is 4.05. The minimum atomic E-state index is 0.488. The Morgan fingerprint density at radius 2 is 1.92 bits per heavy atom. The highest BCUT2D eigenvalue weighted by Gasteiger charge is 2.04. The molecule has 0 saturated carbocycles. The van der Waals surface area contributed by atoms with Crippen molar-refractivity contribution in [1.82, 2.24) is 15.0 Å². The third-order valence-electron chi connectivity index (χ3n) is 3.33. The quantitative estimate of drug-likeness (QED) is 0.750. The summed E-state index contributed by atoms with van der Waals surface area (Å²) in [5.74, 6) is 1.22. The number of benzene rings is 1. The summed E-state index contributed by atoms with van der Waals surface area (Å²) in [5.41, 5.74) is 3.34. The zero-order valence-corrected chi connectivity index (χ0v) is 13.2. The summed E-state index contributed by atoms with van der Waals surface area (Å²) in [6, 6.07) is 15.1. The molecule has 2 aromatic heterocycles. The number of hydrogen-bond donors (Lipinski definition) is 2. The maximum atomic E-state index is 8.97. The van der Waals surface area contributed by atoms with Gasteiger partial charge in [0.15, 0.2) is 0 Å². The highest BCUT2D eigenvalue weighted by Crippen LogP contribution is 2.17. The van der Waals surface area contributed by atoms with Gasteiger partial charge in [0, 0.05) is 36.4 Å². The van der Waals surface area contributed by atoms with Gasteiger partial charge in [-0.15, -0.1) is 0 Å². The average molecular weight is 316 g/mol. The fourth-order valence-corrected chi connectivity index (χ4v) is 2.20. The molecule has 0 aliphatic rings. The third-order valence-corrected chi connectivity index (χ3v) is 3.33. The number of hydrogen-bond acceptors (Lipinski definition) is 6. The molecule has 3 aromatic rings. The second-order valence-electron chi connectivity index (χ2n) is 5.24. The summed E-state index contributed by atoms with van der Waals surface area (Å²) in [4.78, 5) is 12.9. The minimum Gasteiger partial charge on any atom is -0.366 e. The smallest absolute Gasteiger partial charge is 0.229 e. The first-order valence-electron chi connectivity index (χ1n) is 7.48. The number of nitrogens with zero attached hydrogens (tertiary/aromatic N) is 4. The first-order valence-corrected chi connectivity index (χ1v) is 7.48. The van der Waals surface area contributed by atoms with Crippen molar-refractivity contribution in [2.45, 2.75) is 13.5 Å². The topological polar surface area (TPSA) is 86.5 Å². The van der Waals surface area contributed by atoms with Gasteiger partial charge in [0.25, 0.3) is 0 Å². The standard InChI is InChI=1S/C18H16N6/c1-13-9-17(21-12-14-5-7-20-8-6-14)24-18(22-13)23-16-4-2-3-15(10-16)11-19/h2-10H,12H2,1H3,(H2,21,22,23,24). The molecule has 0 saturated heterocycles. The van der Waals surface area contributed by atoms with E-state index in [0.29, 0.717) is 18.1 Å². The van der Waals surface area contributed by atoms with E-state index in [4.69, 9.17) is 5.26 Å². The molecule has 2 heterocycles. The van der Waals surface area contributed by atoms with Gasteiger partial charge in [-0.1, -0.05) is 6.07 Å². The molecule has 118 valence electrons. The second-order valence-corrected chi connectivity index (χ2v) is 5.24. The number of nitrogens with one attached hydrogen (secondary N) is 2. The Kier molecular flexibility index (Phi) is 4.63. The molecule has 2 N–H and O–H groups in total. The molecule has 0 atom stereocenters. The Morgan fingerprint density at radius 1 is 1.08 bits per heavy atom. The number of aryl methyl sites for hydroxylation is 1. The minimum absolute atomic E-state index is 0.488. The van der Waals surface area contributed by atoms with Crippen LogP contribution in [-0.4, -0.2) is 15.0 Å². The second kappa shape index (κ2) is 7.20. The molecule has 6 heteroatoms. The highest BCUT2D eigenvalue weighted by atomic mass is 15.1. The van der Waals surface area contributed by atoms with Crippen LogP contribution in [0.4, 0.5) is 17.5 Å². The van der Waals surface area contributed by atoms with Crippen LogP contribution in [0.2, 0.25) is 0 Å². The molecule has 0 aliphatic heterocycles. The summed E-state index contributed by atoms with van der Waals surface area (Å²) in [6.07, 6.45) is 3.52. The molecule has 0 aliphatic carbocycles. The van der Waals surface area contributed by atoms with E-state index in [2.05, 4.69) is 31.7 Å². The first-order chi connectivity index (χ1) is 11.7. The van der Waals surface area contributed by atoms with Crippen LogP contribution in [0, 0.1) is 18.3 Å². The number of aromatic nitrogens is 3. The lowest BCUT2D eigenvalue weighted by molar-refractivity contribution is 1.05. The lowest BCUT2D eigenvalue weighted by Gasteiger charge is -2.10. The van der Waals surface area contributed by atoms with Gasteiger partial charge in [-0.3, -0.25) is 4.98 Å². The van der Waals surface area contributed by atoms with Crippen molar-refractivity contribution in [3.05, 3.63) is 71.7 Å². The number of rotatable bonds is 5. The fourth-order valence-electron chi connectivity index (χ4n) is 2.20. The van der Waals surface area contributed by atoms with E-state index in [1.807, 2.05) is 37.3 Å². The zero-order valence-electron chi connectivity index (χ0n) is 13.2. The molecule has 0 amide bonds. The monoisotopic (exact) mass is 316 g/mol. The number of nitriles is 1. The van der Waals surface area contributed by atoms with E-state index in [-0.39, 0.29) is 0 Å². The molecular weight excluding hydrogens is 300 g/mol. The molecular formula is C18H16N6. The Morgan fingerprint density at radius 3 is 2.71 bits per heavy atom. The van der Waals surface area contributed by atoms with Crippen LogP contribution in [0.3, 0.4) is 0 Å². The normalized spacial score (nSPS) is 10.0. The van der Waals surface area contributed by atoms with Gasteiger partial charge < -0.3 is 10.6 Å². The number of pyridine rings is 1. The molecule has 0 radical (unpaired) electrons. The van der Waals surface area contributed by atoms with Crippen LogP contribution in [0.5, 0.6) is 0 Å². The van der Waals surface area contributed by atoms with E-state index in [9.17, 15) is 0 Å². The maximum Gasteiger partial charge on any atom is 0.229 e. The van der Waals surface area contributed by atoms with E-state index in [0.717, 1.165) is 22.8 Å². The molecule has 0 unspecified atom stereocenters. The molecule has 0 fully saturated rings. The lowest BCUT2D eigenvalue weighted by Crippen LogP contribution is -2.05. The van der Waals surface area contributed by atoms with Gasteiger partial charge in [-0.05, 0) is 42.8 Å². The molecule has 1 aromatic carbocycles. The lowest BCUT2D eigenvalue weighted by atomic mass is 10.2.